The number of aliphatic hydroxyl groups is 1. The Morgan fingerprint density at radius 3 is 2.09 bits per heavy atom. The van der Waals surface area contributed by atoms with E-state index < -0.39 is 5.60 Å². The van der Waals surface area contributed by atoms with Gasteiger partial charge >= 0.3 is 0 Å². The lowest BCUT2D eigenvalue weighted by Crippen LogP contribution is -2.37. The summed E-state index contributed by atoms with van der Waals surface area (Å²) in [5.41, 5.74) is 0.474. The molecule has 2 fully saturated rings. The van der Waals surface area contributed by atoms with E-state index in [1.54, 1.807) is 22.7 Å². The average molecular weight is 332 g/mol. The van der Waals surface area contributed by atoms with Crippen LogP contribution in [-0.2, 0) is 5.60 Å². The minimum atomic E-state index is -0.951. The van der Waals surface area contributed by atoms with Crippen LogP contribution in [0, 0.1) is 0 Å². The highest BCUT2D eigenvalue weighted by Crippen LogP contribution is 2.42. The number of thiophene rings is 2. The summed E-state index contributed by atoms with van der Waals surface area (Å²) in [4.78, 5) is 4.58. The number of fused-ring (bicyclic) bond motifs is 2. The molecule has 2 nitrogen and oxygen atoms in total. The molecule has 2 aliphatic heterocycles. The second kappa shape index (κ2) is 5.60. The summed E-state index contributed by atoms with van der Waals surface area (Å²) in [5, 5.41) is 15.6. The standard InChI is InChI=1S/C18H21NOS2/c1-19-14-6-7-15(19)11-13(10-14)12-18(20,16-4-2-8-21-16)17-5-3-9-22-17/h2-5,8-9,12,14-15,20H,6-7,10-11H2,1H3/t14-,15+. The van der Waals surface area contributed by atoms with E-state index in [1.165, 1.54) is 18.4 Å². The third kappa shape index (κ3) is 2.38. The summed E-state index contributed by atoms with van der Waals surface area (Å²) >= 11 is 3.27. The molecule has 1 N–H and O–H groups in total. The van der Waals surface area contributed by atoms with Crippen molar-refractivity contribution in [1.29, 1.82) is 0 Å². The van der Waals surface area contributed by atoms with Gasteiger partial charge in [-0.15, -0.1) is 22.7 Å². The van der Waals surface area contributed by atoms with E-state index in [0.29, 0.717) is 12.1 Å². The maximum atomic E-state index is 11.5. The van der Waals surface area contributed by atoms with Gasteiger partial charge in [0.05, 0.1) is 0 Å². The number of hydrogen-bond donors (Lipinski definition) is 1. The topological polar surface area (TPSA) is 23.5 Å². The lowest BCUT2D eigenvalue weighted by molar-refractivity contribution is 0.138. The maximum absolute atomic E-state index is 11.5. The molecule has 4 heteroatoms. The second-order valence-corrected chi connectivity index (χ2v) is 8.38. The van der Waals surface area contributed by atoms with Crippen molar-refractivity contribution in [2.45, 2.75) is 43.4 Å². The van der Waals surface area contributed by atoms with Gasteiger partial charge in [0, 0.05) is 21.8 Å². The molecule has 2 aliphatic rings. The molecule has 2 atom stereocenters. The molecule has 4 heterocycles. The van der Waals surface area contributed by atoms with Crippen molar-refractivity contribution < 1.29 is 5.11 Å². The van der Waals surface area contributed by atoms with Crippen molar-refractivity contribution in [3.8, 4) is 0 Å². The van der Waals surface area contributed by atoms with Crippen molar-refractivity contribution >= 4 is 22.7 Å². The van der Waals surface area contributed by atoms with Crippen molar-refractivity contribution in [1.82, 2.24) is 4.90 Å². The molecule has 2 bridgehead atoms. The molecule has 0 saturated carbocycles. The fourth-order valence-corrected chi connectivity index (χ4v) is 5.62. The fourth-order valence-electron chi connectivity index (χ4n) is 3.94. The summed E-state index contributed by atoms with van der Waals surface area (Å²) < 4.78 is 0. The molecule has 2 aromatic heterocycles. The molecular weight excluding hydrogens is 310 g/mol. The molecule has 0 aromatic carbocycles. The SMILES string of the molecule is CN1[C@@H]2CC[C@H]1CC(=CC(O)(c1cccs1)c1cccs1)C2. The van der Waals surface area contributed by atoms with E-state index in [9.17, 15) is 5.11 Å². The smallest absolute Gasteiger partial charge is 0.152 e. The van der Waals surface area contributed by atoms with Gasteiger partial charge in [-0.25, -0.2) is 0 Å². The molecule has 0 spiro atoms. The van der Waals surface area contributed by atoms with Crippen LogP contribution >= 0.6 is 22.7 Å². The van der Waals surface area contributed by atoms with Crippen LogP contribution in [0.5, 0.6) is 0 Å². The molecule has 2 aromatic rings. The van der Waals surface area contributed by atoms with Crippen molar-refractivity contribution in [2.75, 3.05) is 7.05 Å². The summed E-state index contributed by atoms with van der Waals surface area (Å²) in [6, 6.07) is 9.47. The Morgan fingerprint density at radius 1 is 1.09 bits per heavy atom. The van der Waals surface area contributed by atoms with Gasteiger partial charge in [0.25, 0.3) is 0 Å². The predicted octanol–water partition coefficient (Wildman–Crippen LogP) is 4.23. The third-order valence-corrected chi connectivity index (χ3v) is 7.18. The fraction of sp³-hybridized carbons (Fsp3) is 0.444. The maximum Gasteiger partial charge on any atom is 0.152 e. The Morgan fingerprint density at radius 2 is 1.64 bits per heavy atom. The van der Waals surface area contributed by atoms with Gasteiger partial charge in [0.1, 0.15) is 0 Å². The Kier molecular flexibility index (Phi) is 3.73. The van der Waals surface area contributed by atoms with E-state index in [1.807, 2.05) is 35.0 Å². The highest BCUT2D eigenvalue weighted by Gasteiger charge is 2.38. The second-order valence-electron chi connectivity index (χ2n) is 6.48. The van der Waals surface area contributed by atoms with Gasteiger partial charge < -0.3 is 5.11 Å². The Labute approximate surface area is 139 Å². The van der Waals surface area contributed by atoms with Gasteiger partial charge in [0.15, 0.2) is 5.60 Å². The monoisotopic (exact) mass is 331 g/mol. The summed E-state index contributed by atoms with van der Waals surface area (Å²) in [5.74, 6) is 0. The minimum Gasteiger partial charge on any atom is -0.375 e. The van der Waals surface area contributed by atoms with Crippen LogP contribution in [-0.4, -0.2) is 29.1 Å². The van der Waals surface area contributed by atoms with Crippen LogP contribution in [0.1, 0.15) is 35.4 Å². The molecule has 0 radical (unpaired) electrons. The molecule has 4 rings (SSSR count). The molecule has 22 heavy (non-hydrogen) atoms. The van der Waals surface area contributed by atoms with E-state index in [4.69, 9.17) is 0 Å². The molecule has 0 aliphatic carbocycles. The Bertz CT molecular complexity index is 609. The quantitative estimate of drug-likeness (QED) is 0.851. The van der Waals surface area contributed by atoms with E-state index in [0.717, 1.165) is 22.6 Å². The highest BCUT2D eigenvalue weighted by molar-refractivity contribution is 7.11. The number of hydrogen-bond acceptors (Lipinski definition) is 4. The lowest BCUT2D eigenvalue weighted by Gasteiger charge is -2.34. The first-order valence-corrected chi connectivity index (χ1v) is 9.65. The van der Waals surface area contributed by atoms with Crippen LogP contribution in [0.2, 0.25) is 0 Å². The first-order chi connectivity index (χ1) is 10.7. The van der Waals surface area contributed by atoms with Crippen molar-refractivity contribution in [3.05, 3.63) is 56.4 Å². The highest BCUT2D eigenvalue weighted by atomic mass is 32.1. The Hall–Kier alpha value is -0.940. The van der Waals surface area contributed by atoms with Gasteiger partial charge in [-0.3, -0.25) is 4.90 Å². The van der Waals surface area contributed by atoms with Crippen molar-refractivity contribution in [3.63, 3.8) is 0 Å². The molecule has 2 saturated heterocycles. The minimum absolute atomic E-state index is 0.668. The van der Waals surface area contributed by atoms with Gasteiger partial charge in [0.2, 0.25) is 0 Å². The first-order valence-electron chi connectivity index (χ1n) is 7.90. The van der Waals surface area contributed by atoms with Gasteiger partial charge in [-0.05, 0) is 61.7 Å². The Balaban J connectivity index is 1.72. The average Bonchev–Trinajstić information content (AvgIpc) is 3.22. The molecule has 0 unspecified atom stereocenters. The van der Waals surface area contributed by atoms with Crippen LogP contribution < -0.4 is 0 Å². The summed E-state index contributed by atoms with van der Waals surface area (Å²) in [6.07, 6.45) is 6.96. The number of piperidine rings is 1. The van der Waals surface area contributed by atoms with E-state index in [-0.39, 0.29) is 0 Å². The first kappa shape index (κ1) is 14.6. The zero-order valence-corrected chi connectivity index (χ0v) is 14.4. The molecule has 0 amide bonds. The molecular formula is C18H21NOS2. The van der Waals surface area contributed by atoms with Gasteiger partial charge in [-0.2, -0.15) is 0 Å². The van der Waals surface area contributed by atoms with Crippen LogP contribution in [0.15, 0.2) is 46.7 Å². The third-order valence-electron chi connectivity index (χ3n) is 5.19. The normalized spacial score (nSPS) is 27.6. The number of nitrogens with zero attached hydrogens (tertiary/aromatic N) is 1. The zero-order chi connectivity index (χ0) is 15.2. The number of rotatable bonds is 3. The van der Waals surface area contributed by atoms with Crippen LogP contribution in [0.3, 0.4) is 0 Å². The van der Waals surface area contributed by atoms with Crippen LogP contribution in [0.25, 0.3) is 0 Å². The summed E-state index contributed by atoms with van der Waals surface area (Å²) in [6.45, 7) is 0. The van der Waals surface area contributed by atoms with Gasteiger partial charge in [-0.1, -0.05) is 17.7 Å². The van der Waals surface area contributed by atoms with E-state index >= 15 is 0 Å². The van der Waals surface area contributed by atoms with E-state index in [2.05, 4.69) is 18.0 Å². The molecule has 116 valence electrons. The largest absolute Gasteiger partial charge is 0.375 e. The summed E-state index contributed by atoms with van der Waals surface area (Å²) in [7, 11) is 2.25. The lowest BCUT2D eigenvalue weighted by atomic mass is 9.90. The van der Waals surface area contributed by atoms with Crippen molar-refractivity contribution in [2.24, 2.45) is 0 Å². The van der Waals surface area contributed by atoms with Crippen LogP contribution in [0.4, 0.5) is 0 Å². The predicted molar refractivity (Wildman–Crippen MR) is 93.5 cm³/mol. The zero-order valence-electron chi connectivity index (χ0n) is 12.7.